The average Bonchev–Trinajstić information content (AvgIpc) is 2.69. The maximum absolute atomic E-state index is 12.7. The SMILES string of the molecule is CC1(C)Nc2ccccc2N(CCOC(=O)CCC(=O)c2ccccc2)C1=O. The van der Waals surface area contributed by atoms with E-state index in [1.54, 1.807) is 29.2 Å². The molecule has 0 spiro atoms. The molecule has 1 N–H and O–H groups in total. The molecule has 0 bridgehead atoms. The summed E-state index contributed by atoms with van der Waals surface area (Å²) in [4.78, 5) is 38.4. The molecule has 0 fully saturated rings. The van der Waals surface area contributed by atoms with Gasteiger partial charge in [-0.05, 0) is 26.0 Å². The highest BCUT2D eigenvalue weighted by atomic mass is 16.5. The van der Waals surface area contributed by atoms with Crippen LogP contribution in [0, 0.1) is 0 Å². The van der Waals surface area contributed by atoms with Crippen molar-refractivity contribution in [3.63, 3.8) is 0 Å². The third-order valence-corrected chi connectivity index (χ3v) is 4.65. The highest BCUT2D eigenvalue weighted by Crippen LogP contribution is 2.34. The lowest BCUT2D eigenvalue weighted by Crippen LogP contribution is -2.54. The smallest absolute Gasteiger partial charge is 0.306 e. The second-order valence-corrected chi connectivity index (χ2v) is 7.23. The van der Waals surface area contributed by atoms with Gasteiger partial charge in [0.2, 0.25) is 0 Å². The van der Waals surface area contributed by atoms with Gasteiger partial charge in [0.25, 0.3) is 5.91 Å². The molecule has 2 aromatic rings. The number of nitrogens with zero attached hydrogens (tertiary/aromatic N) is 1. The summed E-state index contributed by atoms with van der Waals surface area (Å²) in [5.41, 5.74) is 1.48. The summed E-state index contributed by atoms with van der Waals surface area (Å²) < 4.78 is 5.26. The van der Waals surface area contributed by atoms with Crippen molar-refractivity contribution in [2.24, 2.45) is 0 Å². The van der Waals surface area contributed by atoms with Gasteiger partial charge in [0.05, 0.1) is 24.3 Å². The number of benzene rings is 2. The Balaban J connectivity index is 1.52. The van der Waals surface area contributed by atoms with Crippen LogP contribution < -0.4 is 10.2 Å². The summed E-state index contributed by atoms with van der Waals surface area (Å²) in [6.07, 6.45) is 0.122. The maximum atomic E-state index is 12.7. The van der Waals surface area contributed by atoms with Crippen LogP contribution in [-0.2, 0) is 14.3 Å². The number of nitrogens with one attached hydrogen (secondary N) is 1. The first-order valence-corrected chi connectivity index (χ1v) is 9.31. The van der Waals surface area contributed by atoms with Crippen LogP contribution in [0.4, 0.5) is 11.4 Å². The Morgan fingerprint density at radius 1 is 1.00 bits per heavy atom. The van der Waals surface area contributed by atoms with Crippen LogP contribution in [0.5, 0.6) is 0 Å². The van der Waals surface area contributed by atoms with Crippen molar-refractivity contribution in [1.29, 1.82) is 0 Å². The number of anilines is 2. The molecule has 2 aromatic carbocycles. The average molecular weight is 380 g/mol. The molecule has 1 aliphatic rings. The molecule has 6 nitrogen and oxygen atoms in total. The van der Waals surface area contributed by atoms with Gasteiger partial charge in [-0.15, -0.1) is 0 Å². The van der Waals surface area contributed by atoms with Crippen LogP contribution in [-0.4, -0.2) is 36.4 Å². The predicted molar refractivity (Wildman–Crippen MR) is 107 cm³/mol. The summed E-state index contributed by atoms with van der Waals surface area (Å²) in [5.74, 6) is -0.619. The number of amides is 1. The van der Waals surface area contributed by atoms with E-state index in [2.05, 4.69) is 5.32 Å². The minimum atomic E-state index is -0.736. The molecule has 0 saturated heterocycles. The quantitative estimate of drug-likeness (QED) is 0.588. The summed E-state index contributed by atoms with van der Waals surface area (Å²) in [6, 6.07) is 16.4. The molecule has 0 aliphatic carbocycles. The standard InChI is InChI=1S/C22H24N2O4/c1-22(2)21(27)24(18-11-7-6-10-17(18)23-22)14-15-28-20(26)13-12-19(25)16-8-4-3-5-9-16/h3-11,23H,12-15H2,1-2H3. The van der Waals surface area contributed by atoms with Gasteiger partial charge in [-0.25, -0.2) is 0 Å². The largest absolute Gasteiger partial charge is 0.464 e. The van der Waals surface area contributed by atoms with E-state index in [0.29, 0.717) is 5.56 Å². The predicted octanol–water partition coefficient (Wildman–Crippen LogP) is 3.43. The lowest BCUT2D eigenvalue weighted by Gasteiger charge is -2.39. The van der Waals surface area contributed by atoms with E-state index < -0.39 is 11.5 Å². The second kappa shape index (κ2) is 8.25. The molecule has 0 aromatic heterocycles. The number of ketones is 1. The summed E-state index contributed by atoms with van der Waals surface area (Å²) in [6.45, 7) is 3.98. The van der Waals surface area contributed by atoms with E-state index in [0.717, 1.165) is 11.4 Å². The number of rotatable bonds is 7. The molecule has 1 amide bonds. The number of hydrogen-bond donors (Lipinski definition) is 1. The molecule has 1 aliphatic heterocycles. The number of hydrogen-bond acceptors (Lipinski definition) is 5. The van der Waals surface area contributed by atoms with Crippen LogP contribution >= 0.6 is 0 Å². The van der Waals surface area contributed by atoms with Crippen LogP contribution in [0.1, 0.15) is 37.0 Å². The van der Waals surface area contributed by atoms with E-state index in [1.165, 1.54) is 0 Å². The fraction of sp³-hybridized carbons (Fsp3) is 0.318. The van der Waals surface area contributed by atoms with E-state index >= 15 is 0 Å². The Hall–Kier alpha value is -3.15. The number of fused-ring (bicyclic) bond motifs is 1. The molecular formula is C22H24N2O4. The van der Waals surface area contributed by atoms with E-state index in [9.17, 15) is 14.4 Å². The Morgan fingerprint density at radius 3 is 2.43 bits per heavy atom. The van der Waals surface area contributed by atoms with Crippen LogP contribution in [0.2, 0.25) is 0 Å². The third-order valence-electron chi connectivity index (χ3n) is 4.65. The maximum Gasteiger partial charge on any atom is 0.306 e. The number of carbonyl (C=O) groups is 3. The first kappa shape index (κ1) is 19.6. The van der Waals surface area contributed by atoms with Crippen molar-refractivity contribution in [2.75, 3.05) is 23.4 Å². The molecule has 1 heterocycles. The lowest BCUT2D eigenvalue weighted by atomic mass is 9.98. The zero-order valence-corrected chi connectivity index (χ0v) is 16.1. The fourth-order valence-corrected chi connectivity index (χ4v) is 3.18. The topological polar surface area (TPSA) is 75.7 Å². The van der Waals surface area contributed by atoms with Crippen molar-refractivity contribution in [3.8, 4) is 0 Å². The summed E-state index contributed by atoms with van der Waals surface area (Å²) in [5, 5.41) is 3.23. The van der Waals surface area contributed by atoms with Crippen LogP contribution in [0.15, 0.2) is 54.6 Å². The number of Topliss-reactive ketones (excluding diaryl/α,β-unsaturated/α-hetero) is 1. The Labute approximate surface area is 164 Å². The molecule has 3 rings (SSSR count). The lowest BCUT2D eigenvalue weighted by molar-refractivity contribution is -0.143. The van der Waals surface area contributed by atoms with E-state index in [4.69, 9.17) is 4.74 Å². The van der Waals surface area contributed by atoms with Crippen molar-refractivity contribution >= 4 is 29.0 Å². The molecule has 0 atom stereocenters. The van der Waals surface area contributed by atoms with Gasteiger partial charge in [0.1, 0.15) is 12.1 Å². The van der Waals surface area contributed by atoms with Crippen molar-refractivity contribution in [3.05, 3.63) is 60.2 Å². The number of esters is 1. The van der Waals surface area contributed by atoms with Crippen LogP contribution in [0.25, 0.3) is 0 Å². The van der Waals surface area contributed by atoms with Gasteiger partial charge in [0.15, 0.2) is 5.78 Å². The second-order valence-electron chi connectivity index (χ2n) is 7.23. The molecule has 28 heavy (non-hydrogen) atoms. The van der Waals surface area contributed by atoms with Gasteiger partial charge in [-0.1, -0.05) is 42.5 Å². The molecule has 0 radical (unpaired) electrons. The van der Waals surface area contributed by atoms with Gasteiger partial charge in [0, 0.05) is 12.0 Å². The molecule has 0 unspecified atom stereocenters. The van der Waals surface area contributed by atoms with Crippen molar-refractivity contribution in [1.82, 2.24) is 0 Å². The highest BCUT2D eigenvalue weighted by molar-refractivity contribution is 6.07. The van der Waals surface area contributed by atoms with Crippen LogP contribution in [0.3, 0.4) is 0 Å². The molecular weight excluding hydrogens is 356 g/mol. The van der Waals surface area contributed by atoms with Gasteiger partial charge in [-0.3, -0.25) is 14.4 Å². The number of carbonyl (C=O) groups excluding carboxylic acids is 3. The first-order valence-electron chi connectivity index (χ1n) is 9.31. The minimum Gasteiger partial charge on any atom is -0.464 e. The molecule has 6 heteroatoms. The van der Waals surface area contributed by atoms with Crippen molar-refractivity contribution in [2.45, 2.75) is 32.2 Å². The summed E-state index contributed by atoms with van der Waals surface area (Å²) in [7, 11) is 0. The van der Waals surface area contributed by atoms with Gasteiger partial charge >= 0.3 is 5.97 Å². The number of ether oxygens (including phenoxy) is 1. The van der Waals surface area contributed by atoms with Gasteiger partial charge in [-0.2, -0.15) is 0 Å². The Kier molecular flexibility index (Phi) is 5.78. The number of para-hydroxylation sites is 2. The monoisotopic (exact) mass is 380 g/mol. The zero-order valence-electron chi connectivity index (χ0n) is 16.1. The van der Waals surface area contributed by atoms with Gasteiger partial charge < -0.3 is 15.0 Å². The third kappa shape index (κ3) is 4.39. The minimum absolute atomic E-state index is 0.0192. The summed E-state index contributed by atoms with van der Waals surface area (Å²) >= 11 is 0. The first-order chi connectivity index (χ1) is 13.4. The van der Waals surface area contributed by atoms with E-state index in [-0.39, 0.29) is 37.7 Å². The Morgan fingerprint density at radius 2 is 1.68 bits per heavy atom. The Bertz CT molecular complexity index is 877. The van der Waals surface area contributed by atoms with Crippen molar-refractivity contribution < 1.29 is 19.1 Å². The molecule has 0 saturated carbocycles. The van der Waals surface area contributed by atoms with E-state index in [1.807, 2.05) is 44.2 Å². The fourth-order valence-electron chi connectivity index (χ4n) is 3.18. The molecule has 146 valence electrons. The highest BCUT2D eigenvalue weighted by Gasteiger charge is 2.38. The normalized spacial score (nSPS) is 14.8. The zero-order chi connectivity index (χ0) is 20.1.